The second-order valence-electron chi connectivity index (χ2n) is 8.54. The summed E-state index contributed by atoms with van der Waals surface area (Å²) in [4.78, 5) is 21.6. The van der Waals surface area contributed by atoms with Gasteiger partial charge in [-0.2, -0.15) is 5.26 Å². The van der Waals surface area contributed by atoms with Crippen molar-refractivity contribution in [1.29, 1.82) is 5.26 Å². The summed E-state index contributed by atoms with van der Waals surface area (Å²) in [5, 5.41) is 9.14. The molecule has 2 heterocycles. The first-order chi connectivity index (χ1) is 13.5. The summed E-state index contributed by atoms with van der Waals surface area (Å²) in [6.45, 7) is 9.80. The fraction of sp³-hybridized carbons (Fsp3) is 0.609. The van der Waals surface area contributed by atoms with Gasteiger partial charge in [-0.25, -0.2) is 4.98 Å². The molecule has 0 saturated carbocycles. The van der Waals surface area contributed by atoms with Crippen LogP contribution in [0.5, 0.6) is 0 Å². The van der Waals surface area contributed by atoms with E-state index in [0.29, 0.717) is 36.5 Å². The molecule has 0 radical (unpaired) electrons. The Morgan fingerprint density at radius 3 is 2.64 bits per heavy atom. The van der Waals surface area contributed by atoms with Gasteiger partial charge in [-0.1, -0.05) is 31.6 Å². The zero-order valence-electron chi connectivity index (χ0n) is 17.3. The number of allylic oxidation sites excluding steroid dienone is 2. The van der Waals surface area contributed by atoms with Crippen molar-refractivity contribution in [3.05, 3.63) is 36.0 Å². The van der Waals surface area contributed by atoms with Crippen LogP contribution in [0.4, 0.5) is 5.82 Å². The van der Waals surface area contributed by atoms with Crippen LogP contribution in [-0.4, -0.2) is 42.0 Å². The average Bonchev–Trinajstić information content (AvgIpc) is 2.70. The molecule has 28 heavy (non-hydrogen) atoms. The van der Waals surface area contributed by atoms with Gasteiger partial charge in [0, 0.05) is 45.2 Å². The van der Waals surface area contributed by atoms with Crippen LogP contribution in [0.3, 0.4) is 0 Å². The maximum Gasteiger partial charge on any atom is 0.223 e. The van der Waals surface area contributed by atoms with Gasteiger partial charge in [0.05, 0.1) is 6.07 Å². The van der Waals surface area contributed by atoms with Crippen molar-refractivity contribution in [2.45, 2.75) is 40.0 Å². The van der Waals surface area contributed by atoms with Crippen LogP contribution in [-0.2, 0) is 4.79 Å². The monoisotopic (exact) mass is 380 g/mol. The number of aromatic nitrogens is 1. The molecule has 1 aliphatic heterocycles. The first kappa shape index (κ1) is 20.4. The molecule has 1 fully saturated rings. The highest BCUT2D eigenvalue weighted by Crippen LogP contribution is 2.40. The summed E-state index contributed by atoms with van der Waals surface area (Å²) in [5.41, 5.74) is 1.29. The maximum absolute atomic E-state index is 13.0. The van der Waals surface area contributed by atoms with Crippen LogP contribution >= 0.6 is 0 Å². The molecule has 0 unspecified atom stereocenters. The number of pyridine rings is 1. The standard InChI is InChI=1S/C23H32N4O/c1-17(2)21-15-20(18(3)14-19(21)7-8-24)16-23(28)27-12-10-26(11-13-27)22-6-4-5-9-25-22/h4-6,9,14,17,19-21H,7,10-13,15-16H2,1-3H3/t19-,20+,21+/m1/s1. The van der Waals surface area contributed by atoms with E-state index >= 15 is 0 Å². The summed E-state index contributed by atoms with van der Waals surface area (Å²) < 4.78 is 0. The number of hydrogen-bond donors (Lipinski definition) is 0. The van der Waals surface area contributed by atoms with Crippen LogP contribution in [0.15, 0.2) is 36.0 Å². The van der Waals surface area contributed by atoms with E-state index in [2.05, 4.69) is 42.8 Å². The second-order valence-corrected chi connectivity index (χ2v) is 8.54. The predicted octanol–water partition coefficient (Wildman–Crippen LogP) is 3.89. The minimum Gasteiger partial charge on any atom is -0.353 e. The Balaban J connectivity index is 1.57. The third-order valence-electron chi connectivity index (χ3n) is 6.44. The summed E-state index contributed by atoms with van der Waals surface area (Å²) >= 11 is 0. The lowest BCUT2D eigenvalue weighted by Crippen LogP contribution is -2.49. The first-order valence-corrected chi connectivity index (χ1v) is 10.5. The summed E-state index contributed by atoms with van der Waals surface area (Å²) in [7, 11) is 0. The molecule has 1 aliphatic carbocycles. The van der Waals surface area contributed by atoms with Crippen molar-refractivity contribution in [2.75, 3.05) is 31.1 Å². The van der Waals surface area contributed by atoms with Crippen molar-refractivity contribution in [1.82, 2.24) is 9.88 Å². The van der Waals surface area contributed by atoms with Gasteiger partial charge in [0.1, 0.15) is 5.82 Å². The molecular weight excluding hydrogens is 348 g/mol. The number of piperazine rings is 1. The lowest BCUT2D eigenvalue weighted by molar-refractivity contribution is -0.132. The number of nitriles is 1. The molecule has 0 spiro atoms. The van der Waals surface area contributed by atoms with Gasteiger partial charge < -0.3 is 9.80 Å². The van der Waals surface area contributed by atoms with Crippen LogP contribution in [0, 0.1) is 35.0 Å². The van der Waals surface area contributed by atoms with E-state index in [9.17, 15) is 4.79 Å². The molecule has 1 saturated heterocycles. The Bertz CT molecular complexity index is 729. The van der Waals surface area contributed by atoms with Crippen LogP contribution in [0.25, 0.3) is 0 Å². The second kappa shape index (κ2) is 9.23. The largest absolute Gasteiger partial charge is 0.353 e. The minimum absolute atomic E-state index is 0.264. The van der Waals surface area contributed by atoms with Crippen LogP contribution in [0.2, 0.25) is 0 Å². The van der Waals surface area contributed by atoms with Gasteiger partial charge in [-0.3, -0.25) is 4.79 Å². The quantitative estimate of drug-likeness (QED) is 0.727. The molecule has 3 rings (SSSR count). The molecule has 1 amide bonds. The smallest absolute Gasteiger partial charge is 0.223 e. The van der Waals surface area contributed by atoms with E-state index in [1.807, 2.05) is 29.3 Å². The highest BCUT2D eigenvalue weighted by atomic mass is 16.2. The van der Waals surface area contributed by atoms with Crippen LogP contribution in [0.1, 0.15) is 40.0 Å². The molecule has 1 aromatic rings. The Kier molecular flexibility index (Phi) is 6.72. The van der Waals surface area contributed by atoms with E-state index in [0.717, 1.165) is 38.4 Å². The maximum atomic E-state index is 13.0. The zero-order chi connectivity index (χ0) is 20.1. The normalized spacial score (nSPS) is 25.4. The molecule has 1 aromatic heterocycles. The number of anilines is 1. The van der Waals surface area contributed by atoms with E-state index < -0.39 is 0 Å². The van der Waals surface area contributed by atoms with Gasteiger partial charge >= 0.3 is 0 Å². The Morgan fingerprint density at radius 1 is 1.29 bits per heavy atom. The molecule has 0 N–H and O–H groups in total. The van der Waals surface area contributed by atoms with Crippen LogP contribution < -0.4 is 4.90 Å². The highest BCUT2D eigenvalue weighted by Gasteiger charge is 2.33. The van der Waals surface area contributed by atoms with Crippen molar-refractivity contribution in [2.24, 2.45) is 23.7 Å². The van der Waals surface area contributed by atoms with Gasteiger partial charge in [0.25, 0.3) is 0 Å². The first-order valence-electron chi connectivity index (χ1n) is 10.5. The summed E-state index contributed by atoms with van der Waals surface area (Å²) in [6.07, 6.45) is 6.28. The Morgan fingerprint density at radius 2 is 2.04 bits per heavy atom. The molecule has 150 valence electrons. The third-order valence-corrected chi connectivity index (χ3v) is 6.44. The highest BCUT2D eigenvalue weighted by molar-refractivity contribution is 5.77. The number of rotatable bonds is 5. The van der Waals surface area contributed by atoms with E-state index in [1.54, 1.807) is 0 Å². The molecule has 0 aromatic carbocycles. The Labute approximate surface area is 169 Å². The lowest BCUT2D eigenvalue weighted by Gasteiger charge is -2.38. The molecule has 5 heteroatoms. The molecule has 2 aliphatic rings. The average molecular weight is 381 g/mol. The minimum atomic E-state index is 0.264. The summed E-state index contributed by atoms with van der Waals surface area (Å²) in [5.74, 6) is 2.91. The van der Waals surface area contributed by atoms with E-state index in [-0.39, 0.29) is 5.91 Å². The molecular formula is C23H32N4O. The summed E-state index contributed by atoms with van der Waals surface area (Å²) in [6, 6.07) is 8.29. The van der Waals surface area contributed by atoms with E-state index in [4.69, 9.17) is 5.26 Å². The fourth-order valence-electron chi connectivity index (χ4n) is 4.68. The molecule has 5 nitrogen and oxygen atoms in total. The topological polar surface area (TPSA) is 60.2 Å². The number of amides is 1. The van der Waals surface area contributed by atoms with Crippen molar-refractivity contribution in [3.63, 3.8) is 0 Å². The number of hydrogen-bond acceptors (Lipinski definition) is 4. The fourth-order valence-corrected chi connectivity index (χ4v) is 4.68. The number of nitrogens with zero attached hydrogens (tertiary/aromatic N) is 4. The number of carbonyl (C=O) groups is 1. The zero-order valence-corrected chi connectivity index (χ0v) is 17.3. The van der Waals surface area contributed by atoms with Crippen molar-refractivity contribution < 1.29 is 4.79 Å². The molecule has 0 bridgehead atoms. The predicted molar refractivity (Wildman–Crippen MR) is 112 cm³/mol. The van der Waals surface area contributed by atoms with Crippen molar-refractivity contribution in [3.8, 4) is 6.07 Å². The van der Waals surface area contributed by atoms with E-state index in [1.165, 1.54) is 5.57 Å². The molecule has 3 atom stereocenters. The lowest BCUT2D eigenvalue weighted by atomic mass is 9.69. The Hall–Kier alpha value is -2.35. The number of carbonyl (C=O) groups excluding carboxylic acids is 1. The van der Waals surface area contributed by atoms with Gasteiger partial charge in [0.15, 0.2) is 0 Å². The SMILES string of the molecule is CC1=C[C@@H](CC#N)[C@H](C(C)C)C[C@H]1CC(=O)N1CCN(c2ccccn2)CC1. The van der Waals surface area contributed by atoms with Gasteiger partial charge in [-0.05, 0) is 49.1 Å². The van der Waals surface area contributed by atoms with Gasteiger partial charge in [0.2, 0.25) is 5.91 Å². The van der Waals surface area contributed by atoms with Gasteiger partial charge in [-0.15, -0.1) is 0 Å². The van der Waals surface area contributed by atoms with Crippen molar-refractivity contribution >= 4 is 11.7 Å². The third kappa shape index (κ3) is 4.73.